The topological polar surface area (TPSA) is 172 Å². The molecule has 0 unspecified atom stereocenters. The van der Waals surface area contributed by atoms with E-state index >= 15 is 0 Å². The Kier molecular flexibility index (Phi) is 10.7. The Labute approximate surface area is 352 Å². The molecule has 6 heterocycles. The molecule has 1 aliphatic carbocycles. The molecule has 2 saturated heterocycles. The molecule has 3 aliphatic rings. The number of rotatable bonds is 13. The summed E-state index contributed by atoms with van der Waals surface area (Å²) >= 11 is 1.59. The molecule has 3 fully saturated rings. The highest BCUT2D eigenvalue weighted by Gasteiger charge is 2.57. The SMILES string of the molecule is Cc1ncsc1-c1ccc([C@H](C)NC(=O)[C@@H]2C[C@@H](O)CN2C(=O)[C@@H](c2cc(OCCN3C[C@@H]4[C@H](C3)[C@@H]4n3c(C)cc4nnc(-c5ccccc5O)cc43)no2)C(C)C)cc1. The Hall–Kier alpha value is -5.64. The molecular formula is C45H50N8O6S. The van der Waals surface area contributed by atoms with Crippen molar-refractivity contribution < 1.29 is 29.1 Å². The van der Waals surface area contributed by atoms with Crippen LogP contribution in [0.4, 0.5) is 0 Å². The van der Waals surface area contributed by atoms with Crippen molar-refractivity contribution in [2.75, 3.05) is 32.8 Å². The maximum absolute atomic E-state index is 14.2. The molecule has 0 spiro atoms. The Balaban J connectivity index is 0.789. The number of para-hydroxylation sites is 1. The number of β-amino-alcohol motifs (C(OH)–C–C–N with tert-alkyl or cyclic N) is 1. The molecule has 6 aromatic rings. The zero-order valence-corrected chi connectivity index (χ0v) is 35.2. The fraction of sp³-hybridized carbons (Fsp3) is 0.422. The highest BCUT2D eigenvalue weighted by atomic mass is 32.1. The number of phenolic OH excluding ortho intramolecular Hbond substituents is 1. The van der Waals surface area contributed by atoms with Gasteiger partial charge in [0.2, 0.25) is 11.8 Å². The van der Waals surface area contributed by atoms with Crippen LogP contribution in [0, 0.1) is 31.6 Å². The van der Waals surface area contributed by atoms with Crippen molar-refractivity contribution in [1.29, 1.82) is 0 Å². The summed E-state index contributed by atoms with van der Waals surface area (Å²) in [5.74, 6) is 0.395. The van der Waals surface area contributed by atoms with E-state index in [1.54, 1.807) is 29.5 Å². The van der Waals surface area contributed by atoms with E-state index in [9.17, 15) is 19.8 Å². The van der Waals surface area contributed by atoms with Gasteiger partial charge in [0.1, 0.15) is 29.8 Å². The molecule has 2 aliphatic heterocycles. The van der Waals surface area contributed by atoms with Gasteiger partial charge in [-0.1, -0.05) is 50.2 Å². The number of carbonyl (C=O) groups excluding carboxylic acids is 2. The fourth-order valence-corrected chi connectivity index (χ4v) is 10.2. The lowest BCUT2D eigenvalue weighted by atomic mass is 9.91. The summed E-state index contributed by atoms with van der Waals surface area (Å²) < 4.78 is 14.2. The van der Waals surface area contributed by atoms with Crippen LogP contribution in [-0.2, 0) is 9.59 Å². The zero-order valence-electron chi connectivity index (χ0n) is 34.4. The molecule has 14 nitrogen and oxygen atoms in total. The van der Waals surface area contributed by atoms with E-state index in [-0.39, 0.29) is 42.5 Å². The Morgan fingerprint density at radius 2 is 1.77 bits per heavy atom. The standard InChI is InChI=1S/C45H50N8O6S/c1-24(2)41(45(57)52-20-30(54)17-37(52)44(56)47-26(4)28-10-12-29(13-11-28)43-27(5)46-23-60-43)39-19-40(50-59-39)58-15-14-51-21-32-33(22-51)42(32)53-25(3)16-35-36(53)18-34(48-49-35)31-8-6-7-9-38(31)55/h6-13,16,18-19,23-24,26,30,32-33,37,41-42,54-55H,14-15,17,20-22H2,1-5H3,(H,47,56)/t26-,30+,32-,33+,37-,41+,42-/m0/s1. The van der Waals surface area contributed by atoms with Crippen LogP contribution in [0.15, 0.2) is 76.8 Å². The van der Waals surface area contributed by atoms with Gasteiger partial charge in [0.25, 0.3) is 5.88 Å². The first-order valence-corrected chi connectivity index (χ1v) is 21.6. The number of phenols is 1. The monoisotopic (exact) mass is 830 g/mol. The summed E-state index contributed by atoms with van der Waals surface area (Å²) in [4.78, 5) is 37.2. The number of thiazole rings is 1. The third kappa shape index (κ3) is 7.54. The second-order valence-corrected chi connectivity index (χ2v) is 17.8. The van der Waals surface area contributed by atoms with Crippen molar-refractivity contribution in [1.82, 2.24) is 40.0 Å². The summed E-state index contributed by atoms with van der Waals surface area (Å²) in [6, 6.07) is 20.3. The van der Waals surface area contributed by atoms with Crippen LogP contribution >= 0.6 is 11.3 Å². The molecule has 60 heavy (non-hydrogen) atoms. The number of nitrogens with zero attached hydrogens (tertiary/aromatic N) is 7. The number of benzene rings is 2. The van der Waals surface area contributed by atoms with Gasteiger partial charge in [-0.2, -0.15) is 0 Å². The molecule has 2 amide bonds. The maximum Gasteiger partial charge on any atom is 0.254 e. The van der Waals surface area contributed by atoms with E-state index in [2.05, 4.69) is 48.1 Å². The number of hydrogen-bond donors (Lipinski definition) is 3. The fourth-order valence-electron chi connectivity index (χ4n) is 9.39. The second-order valence-electron chi connectivity index (χ2n) is 16.9. The van der Waals surface area contributed by atoms with Gasteiger partial charge in [0, 0.05) is 56.0 Å². The van der Waals surface area contributed by atoms with E-state index in [1.807, 2.05) is 75.7 Å². The quantitative estimate of drug-likeness (QED) is 0.119. The molecule has 312 valence electrons. The smallest absolute Gasteiger partial charge is 0.254 e. The number of aliphatic hydroxyl groups is 1. The number of ether oxygens (including phenoxy) is 1. The highest BCUT2D eigenvalue weighted by Crippen LogP contribution is 2.56. The predicted octanol–water partition coefficient (Wildman–Crippen LogP) is 6.29. The number of amides is 2. The number of aryl methyl sites for hydroxylation is 2. The Bertz CT molecular complexity index is 2520. The van der Waals surface area contributed by atoms with Gasteiger partial charge < -0.3 is 34.3 Å². The molecule has 2 aromatic carbocycles. The van der Waals surface area contributed by atoms with Gasteiger partial charge in [0.05, 0.1) is 39.4 Å². The van der Waals surface area contributed by atoms with Crippen LogP contribution in [0.25, 0.3) is 32.7 Å². The van der Waals surface area contributed by atoms with Crippen molar-refractivity contribution in [2.24, 2.45) is 17.8 Å². The lowest BCUT2D eigenvalue weighted by Crippen LogP contribution is -2.48. The summed E-state index contributed by atoms with van der Waals surface area (Å²) in [6.45, 7) is 13.0. The number of nitrogens with one attached hydrogen (secondary N) is 1. The number of aliphatic hydroxyl groups excluding tert-OH is 1. The molecule has 7 atom stereocenters. The third-order valence-electron chi connectivity index (χ3n) is 12.5. The number of piperidine rings is 1. The summed E-state index contributed by atoms with van der Waals surface area (Å²) in [6.07, 6.45) is -0.668. The van der Waals surface area contributed by atoms with Crippen molar-refractivity contribution in [3.05, 3.63) is 95.0 Å². The second kappa shape index (κ2) is 16.1. The van der Waals surface area contributed by atoms with Crippen LogP contribution in [0.5, 0.6) is 11.6 Å². The van der Waals surface area contributed by atoms with Crippen LogP contribution < -0.4 is 10.1 Å². The number of aromatic nitrogens is 5. The normalized spacial score (nSPS) is 22.3. The Morgan fingerprint density at radius 1 is 1.00 bits per heavy atom. The minimum atomic E-state index is -0.824. The van der Waals surface area contributed by atoms with Crippen molar-refractivity contribution in [2.45, 2.75) is 71.2 Å². The molecule has 3 N–H and O–H groups in total. The minimum absolute atomic E-state index is 0.0566. The van der Waals surface area contributed by atoms with E-state index in [4.69, 9.17) is 9.26 Å². The maximum atomic E-state index is 14.2. The largest absolute Gasteiger partial charge is 0.507 e. The van der Waals surface area contributed by atoms with Crippen LogP contribution in [-0.4, -0.2) is 102 Å². The Morgan fingerprint density at radius 3 is 2.48 bits per heavy atom. The zero-order chi connectivity index (χ0) is 41.8. The highest BCUT2D eigenvalue weighted by molar-refractivity contribution is 7.13. The van der Waals surface area contributed by atoms with E-state index in [0.717, 1.165) is 58.1 Å². The molecule has 0 radical (unpaired) electrons. The van der Waals surface area contributed by atoms with Gasteiger partial charge in [-0.25, -0.2) is 4.98 Å². The molecule has 4 aromatic heterocycles. The van der Waals surface area contributed by atoms with Crippen LogP contribution in [0.2, 0.25) is 0 Å². The van der Waals surface area contributed by atoms with Crippen molar-refractivity contribution >= 4 is 34.2 Å². The van der Waals surface area contributed by atoms with E-state index in [1.165, 1.54) is 4.90 Å². The van der Waals surface area contributed by atoms with E-state index in [0.29, 0.717) is 47.4 Å². The molecule has 9 rings (SSSR count). The number of aromatic hydroxyl groups is 1. The van der Waals surface area contributed by atoms with Gasteiger partial charge in [-0.05, 0) is 79.1 Å². The predicted molar refractivity (Wildman–Crippen MR) is 226 cm³/mol. The third-order valence-corrected chi connectivity index (χ3v) is 13.5. The molecule has 1 saturated carbocycles. The van der Waals surface area contributed by atoms with Gasteiger partial charge in [0.15, 0.2) is 5.76 Å². The van der Waals surface area contributed by atoms with E-state index < -0.39 is 18.1 Å². The number of fused-ring (bicyclic) bond motifs is 2. The van der Waals surface area contributed by atoms with Crippen LogP contribution in [0.3, 0.4) is 0 Å². The average Bonchev–Trinajstić information content (AvgIpc) is 3.90. The number of carbonyl (C=O) groups is 2. The number of hydrogen-bond acceptors (Lipinski definition) is 12. The summed E-state index contributed by atoms with van der Waals surface area (Å²) in [5, 5.41) is 37.2. The molecular weight excluding hydrogens is 781 g/mol. The molecule has 15 heteroatoms. The first-order chi connectivity index (χ1) is 28.9. The van der Waals surface area contributed by atoms with Crippen molar-refractivity contribution in [3.8, 4) is 33.3 Å². The lowest BCUT2D eigenvalue weighted by molar-refractivity contribution is -0.141. The van der Waals surface area contributed by atoms with Crippen LogP contribution in [0.1, 0.15) is 67.9 Å². The lowest BCUT2D eigenvalue weighted by Gasteiger charge is -2.29. The average molecular weight is 831 g/mol. The summed E-state index contributed by atoms with van der Waals surface area (Å²) in [5.41, 5.74) is 9.16. The van der Waals surface area contributed by atoms with Gasteiger partial charge in [-0.3, -0.25) is 14.5 Å². The minimum Gasteiger partial charge on any atom is -0.507 e. The van der Waals surface area contributed by atoms with Gasteiger partial charge >= 0.3 is 0 Å². The first kappa shape index (κ1) is 39.8. The first-order valence-electron chi connectivity index (χ1n) is 20.7. The van der Waals surface area contributed by atoms with Gasteiger partial charge in [-0.15, -0.1) is 21.5 Å². The molecule has 0 bridgehead atoms. The van der Waals surface area contributed by atoms with Crippen molar-refractivity contribution in [3.63, 3.8) is 0 Å². The summed E-state index contributed by atoms with van der Waals surface area (Å²) in [7, 11) is 0. The number of likely N-dealkylation sites (tertiary alicyclic amines) is 2.